The van der Waals surface area contributed by atoms with Gasteiger partial charge in [0.2, 0.25) is 5.78 Å². The van der Waals surface area contributed by atoms with E-state index >= 15 is 0 Å². The number of para-hydroxylation sites is 1. The van der Waals surface area contributed by atoms with Crippen LogP contribution >= 0.6 is 11.6 Å². The van der Waals surface area contributed by atoms with Crippen LogP contribution in [-0.4, -0.2) is 42.5 Å². The van der Waals surface area contributed by atoms with Gasteiger partial charge in [0.1, 0.15) is 11.4 Å². The van der Waals surface area contributed by atoms with Crippen LogP contribution in [0.4, 0.5) is 11.5 Å². The van der Waals surface area contributed by atoms with Crippen LogP contribution in [-0.2, 0) is 28.9 Å². The molecule has 1 heterocycles. The van der Waals surface area contributed by atoms with Crippen LogP contribution in [0, 0.1) is 0 Å². The molecule has 2 N–H and O–H groups in total. The fourth-order valence-corrected chi connectivity index (χ4v) is 5.13. The molecule has 190 valence electrons. The summed E-state index contributed by atoms with van der Waals surface area (Å²) in [6.07, 6.45) is 0. The Bertz CT molecular complexity index is 1560. The Balaban J connectivity index is 1.89. The smallest absolute Gasteiger partial charge is 0.340 e. The van der Waals surface area contributed by atoms with Gasteiger partial charge in [0.25, 0.3) is 15.6 Å². The van der Waals surface area contributed by atoms with Gasteiger partial charge in [-0.3, -0.25) is 23.0 Å². The zero-order valence-corrected chi connectivity index (χ0v) is 21.2. The topological polar surface area (TPSA) is 151 Å². The highest BCUT2D eigenvalue weighted by Crippen LogP contribution is 2.27. The minimum atomic E-state index is -4.07. The van der Waals surface area contributed by atoms with Gasteiger partial charge in [-0.1, -0.05) is 29.8 Å². The van der Waals surface area contributed by atoms with Crippen LogP contribution < -0.4 is 21.3 Å². The predicted octanol–water partition coefficient (Wildman–Crippen LogP) is 1.57. The number of benzene rings is 2. The van der Waals surface area contributed by atoms with Crippen LogP contribution in [0.5, 0.6) is 0 Å². The lowest BCUT2D eigenvalue weighted by Crippen LogP contribution is -2.42. The number of carbonyl (C=O) groups is 2. The number of nitrogens with two attached hydrogens (primary N) is 1. The zero-order valence-electron chi connectivity index (χ0n) is 19.6. The largest absolute Gasteiger partial charge is 0.454 e. The highest BCUT2D eigenvalue weighted by Gasteiger charge is 2.27. The summed E-state index contributed by atoms with van der Waals surface area (Å²) in [4.78, 5) is 49.4. The van der Waals surface area contributed by atoms with Crippen molar-refractivity contribution in [2.45, 2.75) is 11.8 Å². The van der Waals surface area contributed by atoms with Crippen molar-refractivity contribution in [3.63, 3.8) is 0 Å². The third-order valence-corrected chi connectivity index (χ3v) is 7.63. The van der Waals surface area contributed by atoms with Gasteiger partial charge in [-0.15, -0.1) is 0 Å². The number of ketones is 1. The lowest BCUT2D eigenvalue weighted by Gasteiger charge is -2.23. The molecule has 0 fully saturated rings. The second-order valence-corrected chi connectivity index (χ2v) is 9.88. The van der Waals surface area contributed by atoms with E-state index in [2.05, 4.69) is 0 Å². The molecule has 0 aliphatic rings. The Morgan fingerprint density at radius 1 is 1.06 bits per heavy atom. The molecule has 11 nitrogen and oxygen atoms in total. The first-order valence-electron chi connectivity index (χ1n) is 10.5. The molecule has 0 spiro atoms. The minimum absolute atomic E-state index is 0.105. The zero-order chi connectivity index (χ0) is 26.8. The number of aromatic nitrogens is 2. The summed E-state index contributed by atoms with van der Waals surface area (Å²) < 4.78 is 34.3. The molecule has 13 heteroatoms. The van der Waals surface area contributed by atoms with E-state index in [0.29, 0.717) is 10.3 Å². The molecule has 0 bridgehead atoms. The molecule has 0 unspecified atom stereocenters. The number of ether oxygens (including phenoxy) is 1. The maximum Gasteiger partial charge on any atom is 0.340 e. The summed E-state index contributed by atoms with van der Waals surface area (Å²) in [5, 5.41) is -0.105. The van der Waals surface area contributed by atoms with Gasteiger partial charge in [0, 0.05) is 20.6 Å². The first kappa shape index (κ1) is 26.7. The number of nitrogen functional groups attached to an aromatic ring is 1. The summed E-state index contributed by atoms with van der Waals surface area (Å²) in [5.41, 5.74) is 3.70. The monoisotopic (exact) mass is 534 g/mol. The number of hydrogen-bond donors (Lipinski definition) is 1. The Morgan fingerprint density at radius 2 is 1.69 bits per heavy atom. The quantitative estimate of drug-likeness (QED) is 0.338. The van der Waals surface area contributed by atoms with Crippen molar-refractivity contribution in [3.8, 4) is 0 Å². The van der Waals surface area contributed by atoms with Crippen molar-refractivity contribution >= 4 is 44.9 Å². The number of carbonyl (C=O) groups excluding carboxylic acids is 2. The number of anilines is 2. The molecule has 0 amide bonds. The lowest BCUT2D eigenvalue weighted by atomic mass is 10.2. The number of halogens is 1. The molecule has 3 aromatic rings. The third kappa shape index (κ3) is 4.90. The van der Waals surface area contributed by atoms with E-state index in [0.717, 1.165) is 14.9 Å². The molecule has 2 aromatic carbocycles. The van der Waals surface area contributed by atoms with Crippen LogP contribution in [0.15, 0.2) is 63.0 Å². The molecule has 0 radical (unpaired) electrons. The third-order valence-electron chi connectivity index (χ3n) is 5.40. The summed E-state index contributed by atoms with van der Waals surface area (Å²) in [5.74, 6) is -2.41. The van der Waals surface area contributed by atoms with Crippen LogP contribution in [0.1, 0.15) is 27.6 Å². The van der Waals surface area contributed by atoms with Crippen LogP contribution in [0.3, 0.4) is 0 Å². The Kier molecular flexibility index (Phi) is 7.70. The van der Waals surface area contributed by atoms with Crippen LogP contribution in [0.2, 0.25) is 5.02 Å². The predicted molar refractivity (Wildman–Crippen MR) is 134 cm³/mol. The highest BCUT2D eigenvalue weighted by molar-refractivity contribution is 7.92. The SMILES string of the molecule is CCN(c1ccccc1)S(=O)(=O)c1ccc(Cl)c(C(=O)OCC(=O)c2c(N)n(C)c(=O)n(C)c2=O)c1. The van der Waals surface area contributed by atoms with Gasteiger partial charge in [-0.05, 0) is 37.3 Å². The standard InChI is InChI=1S/C23H23ClN4O7S/c1-4-28(14-8-6-5-7-9-14)36(33,34)15-10-11-17(24)16(12-15)22(31)35-13-18(29)19-20(25)26(2)23(32)27(3)21(19)30/h5-12H,4,13,25H2,1-3H3. The Morgan fingerprint density at radius 3 is 2.31 bits per heavy atom. The first-order chi connectivity index (χ1) is 16.9. The second-order valence-electron chi connectivity index (χ2n) is 7.61. The number of rotatable bonds is 8. The first-order valence-corrected chi connectivity index (χ1v) is 12.4. The lowest BCUT2D eigenvalue weighted by molar-refractivity contribution is 0.0474. The van der Waals surface area contributed by atoms with E-state index in [1.165, 1.54) is 26.2 Å². The van der Waals surface area contributed by atoms with Gasteiger partial charge >= 0.3 is 11.7 Å². The van der Waals surface area contributed by atoms with Gasteiger partial charge in [-0.2, -0.15) is 0 Å². The molecule has 1 aromatic heterocycles. The Labute approximate surface area is 211 Å². The number of esters is 1. The number of hydrogen-bond acceptors (Lipinski definition) is 8. The fourth-order valence-electron chi connectivity index (χ4n) is 3.44. The summed E-state index contributed by atoms with van der Waals surface area (Å²) >= 11 is 6.11. The summed E-state index contributed by atoms with van der Waals surface area (Å²) in [6.45, 7) is 0.894. The summed E-state index contributed by atoms with van der Waals surface area (Å²) in [6, 6.07) is 11.9. The minimum Gasteiger partial charge on any atom is -0.454 e. The number of Topliss-reactive ketones (excluding diaryl/α,β-unsaturated/α-hetero) is 1. The van der Waals surface area contributed by atoms with E-state index in [-0.39, 0.29) is 27.8 Å². The van der Waals surface area contributed by atoms with E-state index in [4.69, 9.17) is 22.1 Å². The molecule has 36 heavy (non-hydrogen) atoms. The van der Waals surface area contributed by atoms with Gasteiger partial charge < -0.3 is 10.5 Å². The molecular weight excluding hydrogens is 512 g/mol. The summed E-state index contributed by atoms with van der Waals surface area (Å²) in [7, 11) is -1.62. The molecular formula is C23H23ClN4O7S. The molecule has 3 rings (SSSR count). The second kappa shape index (κ2) is 10.4. The van der Waals surface area contributed by atoms with Crippen LogP contribution in [0.25, 0.3) is 0 Å². The highest BCUT2D eigenvalue weighted by atomic mass is 35.5. The van der Waals surface area contributed by atoms with E-state index in [1.807, 2.05) is 0 Å². The average molecular weight is 535 g/mol. The van der Waals surface area contributed by atoms with E-state index < -0.39 is 45.2 Å². The van der Waals surface area contributed by atoms with Crippen molar-refractivity contribution in [2.75, 3.05) is 23.2 Å². The maximum absolute atomic E-state index is 13.3. The van der Waals surface area contributed by atoms with E-state index in [1.54, 1.807) is 37.3 Å². The fraction of sp³-hybridized carbons (Fsp3) is 0.217. The van der Waals surface area contributed by atoms with Crippen molar-refractivity contribution in [1.29, 1.82) is 0 Å². The van der Waals surface area contributed by atoms with Crippen molar-refractivity contribution in [1.82, 2.24) is 9.13 Å². The number of sulfonamides is 1. The van der Waals surface area contributed by atoms with Crippen molar-refractivity contribution in [2.24, 2.45) is 14.1 Å². The molecule has 0 saturated carbocycles. The maximum atomic E-state index is 13.3. The van der Waals surface area contributed by atoms with Gasteiger partial charge in [-0.25, -0.2) is 18.0 Å². The normalized spacial score (nSPS) is 11.2. The van der Waals surface area contributed by atoms with Gasteiger partial charge in [0.05, 0.1) is 21.2 Å². The van der Waals surface area contributed by atoms with Crippen molar-refractivity contribution in [3.05, 3.63) is 85.5 Å². The molecule has 0 aliphatic carbocycles. The molecule has 0 atom stereocenters. The van der Waals surface area contributed by atoms with Crippen molar-refractivity contribution < 1.29 is 22.7 Å². The Hall–Kier alpha value is -3.90. The molecule has 0 saturated heterocycles. The van der Waals surface area contributed by atoms with Gasteiger partial charge in [0.15, 0.2) is 6.61 Å². The molecule has 0 aliphatic heterocycles. The van der Waals surface area contributed by atoms with E-state index in [9.17, 15) is 27.6 Å². The average Bonchev–Trinajstić information content (AvgIpc) is 2.86. The number of nitrogens with zero attached hydrogens (tertiary/aromatic N) is 3.